The molecular formula is C20H28O. The van der Waals surface area contributed by atoms with Crippen LogP contribution in [-0.4, -0.2) is 6.61 Å². The predicted octanol–water partition coefficient (Wildman–Crippen LogP) is 5.19. The van der Waals surface area contributed by atoms with Gasteiger partial charge in [0.15, 0.2) is 0 Å². The second-order valence-electron chi connectivity index (χ2n) is 8.43. The van der Waals surface area contributed by atoms with Gasteiger partial charge in [-0.3, -0.25) is 0 Å². The van der Waals surface area contributed by atoms with E-state index in [0.717, 1.165) is 30.1 Å². The van der Waals surface area contributed by atoms with E-state index < -0.39 is 0 Å². The van der Waals surface area contributed by atoms with Crippen LogP contribution in [0.4, 0.5) is 0 Å². The third kappa shape index (κ3) is 2.49. The van der Waals surface area contributed by atoms with Crippen molar-refractivity contribution in [3.8, 4) is 5.75 Å². The van der Waals surface area contributed by atoms with Crippen LogP contribution in [0.15, 0.2) is 24.3 Å². The average molecular weight is 284 g/mol. The first kappa shape index (κ1) is 13.7. The van der Waals surface area contributed by atoms with Gasteiger partial charge in [-0.1, -0.05) is 26.0 Å². The summed E-state index contributed by atoms with van der Waals surface area (Å²) in [5.41, 5.74) is 2.12. The highest BCUT2D eigenvalue weighted by molar-refractivity contribution is 5.34. The fourth-order valence-corrected chi connectivity index (χ4v) is 5.63. The minimum atomic E-state index is 0.519. The van der Waals surface area contributed by atoms with Crippen LogP contribution in [0.3, 0.4) is 0 Å². The molecule has 0 aliphatic heterocycles. The standard InChI is InChI=1S/C20H28O/c1-14(2)13-21-19-5-3-18(4-6-19)20-10-15-7-16(11-20)9-17(8-15)12-20/h3-6,14-17H,7-13H2,1-2H3. The molecular weight excluding hydrogens is 256 g/mol. The molecule has 0 radical (unpaired) electrons. The van der Waals surface area contributed by atoms with Crippen molar-refractivity contribution < 1.29 is 4.74 Å². The molecule has 1 nitrogen and oxygen atoms in total. The van der Waals surface area contributed by atoms with Crippen molar-refractivity contribution in [3.63, 3.8) is 0 Å². The third-order valence-electron chi connectivity index (χ3n) is 6.09. The second-order valence-corrected chi connectivity index (χ2v) is 8.43. The summed E-state index contributed by atoms with van der Waals surface area (Å²) < 4.78 is 5.84. The van der Waals surface area contributed by atoms with Crippen molar-refractivity contribution in [2.75, 3.05) is 6.61 Å². The SMILES string of the molecule is CC(C)COc1ccc(C23CC4CC(CC(C4)C2)C3)cc1. The lowest BCUT2D eigenvalue weighted by molar-refractivity contribution is -0.00520. The molecule has 21 heavy (non-hydrogen) atoms. The van der Waals surface area contributed by atoms with Gasteiger partial charge in [-0.15, -0.1) is 0 Å². The smallest absolute Gasteiger partial charge is 0.119 e. The van der Waals surface area contributed by atoms with Crippen LogP contribution in [0.1, 0.15) is 57.9 Å². The monoisotopic (exact) mass is 284 g/mol. The maximum atomic E-state index is 5.84. The topological polar surface area (TPSA) is 9.23 Å². The summed E-state index contributed by atoms with van der Waals surface area (Å²) in [6, 6.07) is 9.14. The Balaban J connectivity index is 1.53. The van der Waals surface area contributed by atoms with E-state index in [1.54, 1.807) is 5.56 Å². The van der Waals surface area contributed by atoms with Gasteiger partial charge in [-0.2, -0.15) is 0 Å². The molecule has 0 spiro atoms. The van der Waals surface area contributed by atoms with Crippen LogP contribution in [0, 0.1) is 23.7 Å². The van der Waals surface area contributed by atoms with Crippen molar-refractivity contribution in [3.05, 3.63) is 29.8 Å². The zero-order valence-corrected chi connectivity index (χ0v) is 13.5. The van der Waals surface area contributed by atoms with Crippen LogP contribution in [0.25, 0.3) is 0 Å². The molecule has 4 aliphatic carbocycles. The second kappa shape index (κ2) is 5.04. The molecule has 4 fully saturated rings. The van der Waals surface area contributed by atoms with E-state index in [0.29, 0.717) is 11.3 Å². The summed E-state index contributed by atoms with van der Waals surface area (Å²) in [6.45, 7) is 5.21. The Morgan fingerprint density at radius 1 is 0.952 bits per heavy atom. The molecule has 4 saturated carbocycles. The molecule has 114 valence electrons. The Labute approximate surface area is 129 Å². The third-order valence-corrected chi connectivity index (χ3v) is 6.09. The van der Waals surface area contributed by atoms with Crippen LogP contribution < -0.4 is 4.74 Å². The van der Waals surface area contributed by atoms with Crippen molar-refractivity contribution in [1.82, 2.24) is 0 Å². The van der Waals surface area contributed by atoms with Gasteiger partial charge in [0.1, 0.15) is 5.75 Å². The Morgan fingerprint density at radius 3 is 1.95 bits per heavy atom. The molecule has 1 aromatic rings. The summed E-state index contributed by atoms with van der Waals surface area (Å²) in [5.74, 6) is 4.69. The largest absolute Gasteiger partial charge is 0.493 e. The summed E-state index contributed by atoms with van der Waals surface area (Å²) in [5, 5.41) is 0. The van der Waals surface area contributed by atoms with E-state index >= 15 is 0 Å². The first-order valence-electron chi connectivity index (χ1n) is 8.86. The number of benzene rings is 1. The van der Waals surface area contributed by atoms with Crippen molar-refractivity contribution in [2.24, 2.45) is 23.7 Å². The van der Waals surface area contributed by atoms with Crippen molar-refractivity contribution in [1.29, 1.82) is 0 Å². The van der Waals surface area contributed by atoms with Crippen LogP contribution in [-0.2, 0) is 5.41 Å². The number of rotatable bonds is 4. The molecule has 4 bridgehead atoms. The van der Waals surface area contributed by atoms with E-state index in [-0.39, 0.29) is 0 Å². The van der Waals surface area contributed by atoms with Crippen molar-refractivity contribution in [2.45, 2.75) is 57.8 Å². The van der Waals surface area contributed by atoms with E-state index in [1.165, 1.54) is 38.5 Å². The summed E-state index contributed by atoms with van der Waals surface area (Å²) in [4.78, 5) is 0. The molecule has 0 saturated heterocycles. The van der Waals surface area contributed by atoms with Crippen LogP contribution in [0.5, 0.6) is 5.75 Å². The maximum absolute atomic E-state index is 5.84. The molecule has 1 heteroatoms. The lowest BCUT2D eigenvalue weighted by Gasteiger charge is -2.57. The molecule has 0 heterocycles. The normalized spacial score (nSPS) is 37.2. The first-order chi connectivity index (χ1) is 10.1. The highest BCUT2D eigenvalue weighted by Gasteiger charge is 2.51. The summed E-state index contributed by atoms with van der Waals surface area (Å²) >= 11 is 0. The molecule has 0 amide bonds. The van der Waals surface area contributed by atoms with Crippen molar-refractivity contribution >= 4 is 0 Å². The minimum absolute atomic E-state index is 0.519. The molecule has 0 N–H and O–H groups in total. The molecule has 0 atom stereocenters. The highest BCUT2D eigenvalue weighted by atomic mass is 16.5. The number of hydrogen-bond acceptors (Lipinski definition) is 1. The van der Waals surface area contributed by atoms with E-state index in [1.807, 2.05) is 0 Å². The van der Waals surface area contributed by atoms with E-state index in [2.05, 4.69) is 38.1 Å². The van der Waals surface area contributed by atoms with Gasteiger partial charge >= 0.3 is 0 Å². The lowest BCUT2D eigenvalue weighted by atomic mass is 9.48. The maximum Gasteiger partial charge on any atom is 0.119 e. The predicted molar refractivity (Wildman–Crippen MR) is 86.6 cm³/mol. The van der Waals surface area contributed by atoms with E-state index in [4.69, 9.17) is 4.74 Å². The van der Waals surface area contributed by atoms with Gasteiger partial charge in [0.25, 0.3) is 0 Å². The molecule has 5 rings (SSSR count). The zero-order chi connectivity index (χ0) is 14.4. The fraction of sp³-hybridized carbons (Fsp3) is 0.700. The molecule has 1 aromatic carbocycles. The van der Waals surface area contributed by atoms with E-state index in [9.17, 15) is 0 Å². The Bertz CT molecular complexity index is 464. The lowest BCUT2D eigenvalue weighted by Crippen LogP contribution is -2.48. The first-order valence-corrected chi connectivity index (χ1v) is 8.86. The average Bonchev–Trinajstić information content (AvgIpc) is 2.44. The number of hydrogen-bond donors (Lipinski definition) is 0. The highest BCUT2D eigenvalue weighted by Crippen LogP contribution is 2.60. The van der Waals surface area contributed by atoms with Crippen LogP contribution >= 0.6 is 0 Å². The Morgan fingerprint density at radius 2 is 1.48 bits per heavy atom. The van der Waals surface area contributed by atoms with Gasteiger partial charge in [0, 0.05) is 0 Å². The molecule has 0 aromatic heterocycles. The van der Waals surface area contributed by atoms with Gasteiger partial charge in [-0.05, 0) is 85.3 Å². The summed E-state index contributed by atoms with van der Waals surface area (Å²) in [6.07, 6.45) is 8.92. The van der Waals surface area contributed by atoms with Gasteiger partial charge in [-0.25, -0.2) is 0 Å². The van der Waals surface area contributed by atoms with Gasteiger partial charge in [0.05, 0.1) is 6.61 Å². The van der Waals surface area contributed by atoms with Gasteiger partial charge in [0.2, 0.25) is 0 Å². The fourth-order valence-electron chi connectivity index (χ4n) is 5.63. The molecule has 0 unspecified atom stereocenters. The quantitative estimate of drug-likeness (QED) is 0.739. The minimum Gasteiger partial charge on any atom is -0.493 e. The Kier molecular flexibility index (Phi) is 3.28. The Hall–Kier alpha value is -0.980. The van der Waals surface area contributed by atoms with Gasteiger partial charge < -0.3 is 4.74 Å². The molecule has 4 aliphatic rings. The number of ether oxygens (including phenoxy) is 1. The van der Waals surface area contributed by atoms with Crippen LogP contribution in [0.2, 0.25) is 0 Å². The summed E-state index contributed by atoms with van der Waals surface area (Å²) in [7, 11) is 0. The zero-order valence-electron chi connectivity index (χ0n) is 13.5.